The summed E-state index contributed by atoms with van der Waals surface area (Å²) in [6.45, 7) is 12.1. The number of methoxy groups -OCH3 is 2. The molecule has 1 saturated heterocycles. The van der Waals surface area contributed by atoms with Gasteiger partial charge in [0.2, 0.25) is 5.79 Å². The number of hydrogen-bond donors (Lipinski definition) is 1. The highest BCUT2D eigenvalue weighted by Crippen LogP contribution is 2.43. The van der Waals surface area contributed by atoms with Crippen molar-refractivity contribution in [1.29, 1.82) is 0 Å². The Balaban J connectivity index is 2.00. The highest BCUT2D eigenvalue weighted by Gasteiger charge is 2.56. The second-order valence-electron chi connectivity index (χ2n) is 10.5. The van der Waals surface area contributed by atoms with E-state index in [-0.39, 0.29) is 30.0 Å². The number of ether oxygens (including phenoxy) is 4. The van der Waals surface area contributed by atoms with E-state index in [2.05, 4.69) is 32.6 Å². The van der Waals surface area contributed by atoms with Crippen LogP contribution < -0.4 is 0 Å². The van der Waals surface area contributed by atoms with Crippen LogP contribution in [0.4, 0.5) is 0 Å². The quantitative estimate of drug-likeness (QED) is 0.429. The van der Waals surface area contributed by atoms with Gasteiger partial charge in [0, 0.05) is 32.0 Å². The van der Waals surface area contributed by atoms with E-state index in [0.29, 0.717) is 12.0 Å². The topological polar surface area (TPSA) is 74.2 Å². The minimum Gasteiger partial charge on any atom is -0.457 e. The van der Waals surface area contributed by atoms with E-state index in [1.165, 1.54) is 7.11 Å². The van der Waals surface area contributed by atoms with E-state index in [1.807, 2.05) is 37.3 Å². The minimum absolute atomic E-state index is 0.0331. The van der Waals surface area contributed by atoms with Crippen LogP contribution in [-0.4, -0.2) is 49.4 Å². The average Bonchev–Trinajstić information content (AvgIpc) is 2.88. The monoisotopic (exact) mass is 500 g/mol. The molecule has 0 amide bonds. The molecule has 2 bridgehead atoms. The maximum Gasteiger partial charge on any atom is 0.314 e. The number of fused-ring (bicyclic) bond motifs is 2. The molecule has 200 valence electrons. The Kier molecular flexibility index (Phi) is 9.93. The zero-order chi connectivity index (χ0) is 26.5. The third-order valence-corrected chi connectivity index (χ3v) is 8.09. The van der Waals surface area contributed by atoms with E-state index >= 15 is 0 Å². The molecule has 3 rings (SSSR count). The lowest BCUT2D eigenvalue weighted by atomic mass is 9.77. The summed E-state index contributed by atoms with van der Waals surface area (Å²) >= 11 is 0. The van der Waals surface area contributed by atoms with E-state index < -0.39 is 29.9 Å². The summed E-state index contributed by atoms with van der Waals surface area (Å²) in [5, 5.41) is 11.9. The Morgan fingerprint density at radius 3 is 2.25 bits per heavy atom. The number of carbonyl (C=O) groups is 1. The molecule has 0 spiro atoms. The van der Waals surface area contributed by atoms with Crippen molar-refractivity contribution in [3.05, 3.63) is 60.2 Å². The van der Waals surface area contributed by atoms with Gasteiger partial charge in [-0.15, -0.1) is 0 Å². The van der Waals surface area contributed by atoms with Gasteiger partial charge in [-0.3, -0.25) is 4.79 Å². The first-order chi connectivity index (χ1) is 17.1. The van der Waals surface area contributed by atoms with Gasteiger partial charge in [0.05, 0.1) is 12.2 Å². The highest BCUT2D eigenvalue weighted by molar-refractivity contribution is 5.74. The summed E-state index contributed by atoms with van der Waals surface area (Å²) < 4.78 is 23.9. The molecule has 2 heterocycles. The van der Waals surface area contributed by atoms with Gasteiger partial charge in [0.25, 0.3) is 0 Å². The number of esters is 1. The minimum atomic E-state index is -1.90. The van der Waals surface area contributed by atoms with Gasteiger partial charge in [-0.1, -0.05) is 76.3 Å². The van der Waals surface area contributed by atoms with Crippen LogP contribution in [0, 0.1) is 23.7 Å². The van der Waals surface area contributed by atoms with Crippen LogP contribution in [-0.2, 0) is 23.7 Å². The molecular weight excluding hydrogens is 456 g/mol. The number of hydrogen-bond acceptors (Lipinski definition) is 6. The molecule has 6 nitrogen and oxygen atoms in total. The normalized spacial score (nSPS) is 39.9. The summed E-state index contributed by atoms with van der Waals surface area (Å²) in [6, 6.07) is 9.76. The Hall–Kier alpha value is -1.99. The molecule has 0 saturated carbocycles. The van der Waals surface area contributed by atoms with Crippen LogP contribution >= 0.6 is 0 Å². The van der Waals surface area contributed by atoms with E-state index in [9.17, 15) is 9.90 Å². The first-order valence-electron chi connectivity index (χ1n) is 13.2. The summed E-state index contributed by atoms with van der Waals surface area (Å²) in [5.41, 5.74) is 1.64. The molecule has 0 radical (unpaired) electrons. The molecule has 2 aliphatic heterocycles. The number of aliphatic hydroxyl groups is 1. The standard InChI is InChI=1S/C30H44O6/c1-19-17-18-20(2)27-21(3)22(4)28(34-7)30(32,36-27)23(5)29(31)35-26(24-13-9-8-10-14-24)16-12-11-15-25(19)33-6/h8-10,13-14,17-21,23,25-28,32H,4,11-12,15-16H2,1-3,5-7H3/b18-17+. The van der Waals surface area contributed by atoms with E-state index in [0.717, 1.165) is 24.8 Å². The molecule has 0 aliphatic carbocycles. The predicted molar refractivity (Wildman–Crippen MR) is 140 cm³/mol. The fourth-order valence-electron chi connectivity index (χ4n) is 5.54. The van der Waals surface area contributed by atoms with Gasteiger partial charge in [-0.05, 0) is 37.3 Å². The first kappa shape index (κ1) is 28.6. The van der Waals surface area contributed by atoms with Gasteiger partial charge in [-0.2, -0.15) is 0 Å². The Bertz CT molecular complexity index is 898. The maximum absolute atomic E-state index is 13.5. The van der Waals surface area contributed by atoms with Crippen molar-refractivity contribution in [1.82, 2.24) is 0 Å². The summed E-state index contributed by atoms with van der Waals surface area (Å²) in [4.78, 5) is 13.5. The van der Waals surface area contributed by atoms with Crippen molar-refractivity contribution in [2.45, 2.75) is 83.6 Å². The molecule has 0 aromatic heterocycles. The fraction of sp³-hybridized carbons (Fsp3) is 0.633. The van der Waals surface area contributed by atoms with Crippen LogP contribution in [0.15, 0.2) is 54.6 Å². The SMILES string of the molecule is C=C1C(C)C2OC(O)(C(C)C(=O)OC(c3ccccc3)CCCCC(OC)C(C)/C=C/C2C)C1OC. The number of rotatable bonds is 3. The van der Waals surface area contributed by atoms with Gasteiger partial charge in [-0.25, -0.2) is 0 Å². The van der Waals surface area contributed by atoms with Crippen molar-refractivity contribution in [3.63, 3.8) is 0 Å². The summed E-state index contributed by atoms with van der Waals surface area (Å²) in [7, 11) is 3.26. The zero-order valence-corrected chi connectivity index (χ0v) is 22.7. The molecule has 2 aliphatic rings. The first-order valence-corrected chi connectivity index (χ1v) is 13.2. The molecule has 1 N–H and O–H groups in total. The van der Waals surface area contributed by atoms with Crippen molar-refractivity contribution in [3.8, 4) is 0 Å². The smallest absolute Gasteiger partial charge is 0.314 e. The van der Waals surface area contributed by atoms with Gasteiger partial charge in [0.1, 0.15) is 18.1 Å². The highest BCUT2D eigenvalue weighted by atomic mass is 16.7. The molecule has 1 aromatic rings. The maximum atomic E-state index is 13.5. The number of carbonyl (C=O) groups excluding carboxylic acids is 1. The lowest BCUT2D eigenvalue weighted by Gasteiger charge is -2.50. The van der Waals surface area contributed by atoms with Crippen LogP contribution in [0.1, 0.15) is 65.0 Å². The van der Waals surface area contributed by atoms with Gasteiger partial charge >= 0.3 is 5.97 Å². The van der Waals surface area contributed by atoms with E-state index in [4.69, 9.17) is 18.9 Å². The average molecular weight is 501 g/mol. The zero-order valence-electron chi connectivity index (χ0n) is 22.7. The lowest BCUT2D eigenvalue weighted by Crippen LogP contribution is -2.62. The van der Waals surface area contributed by atoms with Crippen molar-refractivity contribution >= 4 is 5.97 Å². The Morgan fingerprint density at radius 1 is 0.972 bits per heavy atom. The van der Waals surface area contributed by atoms with Gasteiger partial charge in [0.15, 0.2) is 0 Å². The number of benzene rings is 1. The molecular formula is C30H44O6. The van der Waals surface area contributed by atoms with Crippen molar-refractivity contribution in [2.24, 2.45) is 23.7 Å². The second kappa shape index (κ2) is 12.5. The lowest BCUT2D eigenvalue weighted by molar-refractivity contribution is -0.322. The molecule has 9 atom stereocenters. The predicted octanol–water partition coefficient (Wildman–Crippen LogP) is 5.62. The summed E-state index contributed by atoms with van der Waals surface area (Å²) in [6.07, 6.45) is 6.18. The van der Waals surface area contributed by atoms with Crippen LogP contribution in [0.3, 0.4) is 0 Å². The Labute approximate surface area is 216 Å². The third-order valence-electron chi connectivity index (χ3n) is 8.09. The molecule has 36 heavy (non-hydrogen) atoms. The van der Waals surface area contributed by atoms with Crippen molar-refractivity contribution < 1.29 is 28.8 Å². The van der Waals surface area contributed by atoms with E-state index in [1.54, 1.807) is 14.0 Å². The largest absolute Gasteiger partial charge is 0.457 e. The fourth-order valence-corrected chi connectivity index (χ4v) is 5.54. The summed E-state index contributed by atoms with van der Waals surface area (Å²) in [5.74, 6) is -3.30. The molecule has 9 unspecified atom stereocenters. The third kappa shape index (κ3) is 6.10. The molecule has 1 fully saturated rings. The molecule has 6 heteroatoms. The van der Waals surface area contributed by atoms with Crippen LogP contribution in [0.2, 0.25) is 0 Å². The van der Waals surface area contributed by atoms with Crippen LogP contribution in [0.25, 0.3) is 0 Å². The molecule has 1 aromatic carbocycles. The second-order valence-corrected chi connectivity index (χ2v) is 10.5. The van der Waals surface area contributed by atoms with Gasteiger partial charge < -0.3 is 24.1 Å². The number of cyclic esters (lactones) is 1. The Morgan fingerprint density at radius 2 is 1.61 bits per heavy atom. The van der Waals surface area contributed by atoms with Crippen molar-refractivity contribution in [2.75, 3.05) is 14.2 Å². The van der Waals surface area contributed by atoms with Crippen LogP contribution in [0.5, 0.6) is 0 Å².